The molecular weight excluding hydrogens is 286 g/mol. The summed E-state index contributed by atoms with van der Waals surface area (Å²) in [6.45, 7) is 0. The molecule has 0 atom stereocenters. The predicted molar refractivity (Wildman–Crippen MR) is 73.3 cm³/mol. The molecule has 0 bridgehead atoms. The molecule has 0 saturated heterocycles. The van der Waals surface area contributed by atoms with Crippen LogP contribution in [0.15, 0.2) is 24.7 Å². The maximum Gasteiger partial charge on any atom is 0.146 e. The highest BCUT2D eigenvalue weighted by Crippen LogP contribution is 2.35. The fraction of sp³-hybridized carbons (Fsp3) is 0.0769. The summed E-state index contributed by atoms with van der Waals surface area (Å²) in [5, 5.41) is 0.655. The van der Waals surface area contributed by atoms with E-state index >= 15 is 0 Å². The summed E-state index contributed by atoms with van der Waals surface area (Å²) in [6.07, 6.45) is 2.94. The van der Waals surface area contributed by atoms with Crippen molar-refractivity contribution >= 4 is 28.3 Å². The van der Waals surface area contributed by atoms with Crippen molar-refractivity contribution in [2.75, 3.05) is 5.73 Å². The van der Waals surface area contributed by atoms with E-state index in [4.69, 9.17) is 17.3 Å². The molecule has 7 heteroatoms. The Morgan fingerprint density at radius 3 is 2.65 bits per heavy atom. The van der Waals surface area contributed by atoms with Gasteiger partial charge in [-0.3, -0.25) is 0 Å². The molecule has 0 fully saturated rings. The van der Waals surface area contributed by atoms with Gasteiger partial charge in [0.15, 0.2) is 0 Å². The summed E-state index contributed by atoms with van der Waals surface area (Å²) in [7, 11) is 1.74. The van der Waals surface area contributed by atoms with Gasteiger partial charge in [0.05, 0.1) is 11.1 Å². The third kappa shape index (κ3) is 1.80. The molecule has 20 heavy (non-hydrogen) atoms. The number of halogens is 3. The minimum atomic E-state index is -0.689. The van der Waals surface area contributed by atoms with Crippen molar-refractivity contribution in [3.05, 3.63) is 41.4 Å². The number of nitrogen functional groups attached to an aromatic ring is 1. The summed E-state index contributed by atoms with van der Waals surface area (Å²) in [5.74, 6) is -1.32. The number of rotatable bonds is 1. The van der Waals surface area contributed by atoms with Gasteiger partial charge in [0.25, 0.3) is 0 Å². The Bertz CT molecular complexity index is 829. The second-order valence-corrected chi connectivity index (χ2v) is 4.73. The maximum absolute atomic E-state index is 14.0. The topological polar surface area (TPSA) is 56.7 Å². The molecule has 102 valence electrons. The highest BCUT2D eigenvalue weighted by molar-refractivity contribution is 6.35. The zero-order valence-corrected chi connectivity index (χ0v) is 11.1. The van der Waals surface area contributed by atoms with Gasteiger partial charge in [0, 0.05) is 30.4 Å². The highest BCUT2D eigenvalue weighted by Gasteiger charge is 2.18. The lowest BCUT2D eigenvalue weighted by Crippen LogP contribution is -1.94. The van der Waals surface area contributed by atoms with Crippen LogP contribution in [0.5, 0.6) is 0 Å². The first-order chi connectivity index (χ1) is 9.49. The number of nitrogens with two attached hydrogens (primary N) is 1. The second-order valence-electron chi connectivity index (χ2n) is 4.37. The molecule has 2 N–H and O–H groups in total. The van der Waals surface area contributed by atoms with Crippen LogP contribution >= 0.6 is 11.6 Å². The molecule has 1 aromatic carbocycles. The molecule has 3 rings (SSSR count). The van der Waals surface area contributed by atoms with E-state index < -0.39 is 11.6 Å². The van der Waals surface area contributed by atoms with Gasteiger partial charge in [-0.1, -0.05) is 11.6 Å². The summed E-state index contributed by atoms with van der Waals surface area (Å²) >= 11 is 6.04. The van der Waals surface area contributed by atoms with Crippen molar-refractivity contribution in [2.45, 2.75) is 0 Å². The molecule has 0 amide bonds. The zero-order valence-electron chi connectivity index (χ0n) is 10.4. The summed E-state index contributed by atoms with van der Waals surface area (Å²) in [5.41, 5.74) is 6.13. The number of aromatic nitrogens is 3. The Morgan fingerprint density at radius 2 is 1.90 bits per heavy atom. The van der Waals surface area contributed by atoms with Gasteiger partial charge < -0.3 is 10.3 Å². The van der Waals surface area contributed by atoms with E-state index in [0.717, 1.165) is 12.1 Å². The zero-order chi connectivity index (χ0) is 14.4. The van der Waals surface area contributed by atoms with E-state index in [-0.39, 0.29) is 16.4 Å². The molecule has 0 spiro atoms. The van der Waals surface area contributed by atoms with E-state index in [1.165, 1.54) is 6.33 Å². The first-order valence-corrected chi connectivity index (χ1v) is 6.07. The molecule has 4 nitrogen and oxygen atoms in total. The largest absolute Gasteiger partial charge is 0.396 e. The number of hydrogen-bond donors (Lipinski definition) is 1. The van der Waals surface area contributed by atoms with Crippen LogP contribution in [-0.2, 0) is 7.05 Å². The fourth-order valence-electron chi connectivity index (χ4n) is 2.15. The molecule has 0 aliphatic rings. The standard InChI is InChI=1S/C13H9ClF2N4/c1-20-4-7(11-12(14)18-5-19-13(11)20)6-2-9(16)10(17)3-8(6)15/h2-5H,17H2,1H3. The fourth-order valence-corrected chi connectivity index (χ4v) is 2.38. The summed E-state index contributed by atoms with van der Waals surface area (Å²) in [6, 6.07) is 1.99. The lowest BCUT2D eigenvalue weighted by atomic mass is 10.1. The lowest BCUT2D eigenvalue weighted by Gasteiger charge is -2.04. The first-order valence-electron chi connectivity index (χ1n) is 5.69. The van der Waals surface area contributed by atoms with Crippen LogP contribution in [0.2, 0.25) is 5.15 Å². The molecule has 0 unspecified atom stereocenters. The Balaban J connectivity index is 2.39. The van der Waals surface area contributed by atoms with E-state index in [1.807, 2.05) is 0 Å². The molecule has 0 aliphatic carbocycles. The Labute approximate surface area is 117 Å². The maximum atomic E-state index is 14.0. The third-order valence-electron chi connectivity index (χ3n) is 3.08. The van der Waals surface area contributed by atoms with Gasteiger partial charge in [-0.05, 0) is 6.07 Å². The van der Waals surface area contributed by atoms with E-state index in [0.29, 0.717) is 16.6 Å². The van der Waals surface area contributed by atoms with E-state index in [9.17, 15) is 8.78 Å². The molecule has 0 aliphatic heterocycles. The van der Waals surface area contributed by atoms with Crippen LogP contribution in [0.4, 0.5) is 14.5 Å². The predicted octanol–water partition coefficient (Wildman–Crippen LogP) is 3.15. The molecule has 3 aromatic rings. The van der Waals surface area contributed by atoms with Crippen molar-refractivity contribution in [3.8, 4) is 11.1 Å². The van der Waals surface area contributed by atoms with Crippen LogP contribution in [0.25, 0.3) is 22.2 Å². The van der Waals surface area contributed by atoms with Crippen LogP contribution < -0.4 is 5.73 Å². The molecule has 2 aromatic heterocycles. The third-order valence-corrected chi connectivity index (χ3v) is 3.37. The molecule has 0 radical (unpaired) electrons. The normalized spacial score (nSPS) is 11.2. The number of aryl methyl sites for hydroxylation is 1. The van der Waals surface area contributed by atoms with Gasteiger partial charge in [0.2, 0.25) is 0 Å². The molecular formula is C13H9ClF2N4. The molecule has 0 saturated carbocycles. The smallest absolute Gasteiger partial charge is 0.146 e. The number of benzene rings is 1. The van der Waals surface area contributed by atoms with Crippen molar-refractivity contribution in [3.63, 3.8) is 0 Å². The van der Waals surface area contributed by atoms with Gasteiger partial charge in [-0.2, -0.15) is 0 Å². The van der Waals surface area contributed by atoms with Crippen molar-refractivity contribution in [2.24, 2.45) is 7.05 Å². The minimum Gasteiger partial charge on any atom is -0.396 e. The van der Waals surface area contributed by atoms with Gasteiger partial charge in [-0.15, -0.1) is 0 Å². The van der Waals surface area contributed by atoms with Crippen LogP contribution in [0, 0.1) is 11.6 Å². The first kappa shape index (κ1) is 12.8. The summed E-state index contributed by atoms with van der Waals surface area (Å²) < 4.78 is 29.3. The van der Waals surface area contributed by atoms with Crippen molar-refractivity contribution < 1.29 is 8.78 Å². The SMILES string of the molecule is Cn1cc(-c2cc(F)c(N)cc2F)c2c(Cl)ncnc21. The van der Waals surface area contributed by atoms with Crippen LogP contribution in [0.3, 0.4) is 0 Å². The van der Waals surface area contributed by atoms with Gasteiger partial charge >= 0.3 is 0 Å². The number of anilines is 1. The van der Waals surface area contributed by atoms with Crippen LogP contribution in [0.1, 0.15) is 0 Å². The molecule has 2 heterocycles. The van der Waals surface area contributed by atoms with Gasteiger partial charge in [-0.25, -0.2) is 18.7 Å². The number of fused-ring (bicyclic) bond motifs is 1. The van der Waals surface area contributed by atoms with E-state index in [1.54, 1.807) is 17.8 Å². The number of hydrogen-bond acceptors (Lipinski definition) is 3. The van der Waals surface area contributed by atoms with Crippen LogP contribution in [-0.4, -0.2) is 14.5 Å². The van der Waals surface area contributed by atoms with Crippen molar-refractivity contribution in [1.29, 1.82) is 0 Å². The minimum absolute atomic E-state index is 0.0685. The Kier molecular flexibility index (Phi) is 2.83. The second kappa shape index (κ2) is 4.42. The number of nitrogens with zero attached hydrogens (tertiary/aromatic N) is 3. The highest BCUT2D eigenvalue weighted by atomic mass is 35.5. The average molecular weight is 295 g/mol. The quantitative estimate of drug-likeness (QED) is 0.554. The monoisotopic (exact) mass is 294 g/mol. The summed E-state index contributed by atoms with van der Waals surface area (Å²) in [4.78, 5) is 7.96. The van der Waals surface area contributed by atoms with Crippen molar-refractivity contribution in [1.82, 2.24) is 14.5 Å². The Morgan fingerprint density at radius 1 is 1.15 bits per heavy atom. The average Bonchev–Trinajstić information content (AvgIpc) is 2.73. The van der Waals surface area contributed by atoms with Gasteiger partial charge in [0.1, 0.15) is 28.8 Å². The Hall–Kier alpha value is -2.21. The van der Waals surface area contributed by atoms with E-state index in [2.05, 4.69) is 9.97 Å². The lowest BCUT2D eigenvalue weighted by molar-refractivity contribution is 0.607.